The van der Waals surface area contributed by atoms with Crippen molar-refractivity contribution in [2.45, 2.75) is 92.3 Å². The van der Waals surface area contributed by atoms with Gasteiger partial charge in [-0.15, -0.1) is 0 Å². The molecule has 2 aromatic carbocycles. The number of methoxy groups -OCH3 is 2. The van der Waals surface area contributed by atoms with Crippen LogP contribution in [0.4, 0.5) is 5.69 Å². The number of ether oxygens (including phenoxy) is 2. The van der Waals surface area contributed by atoms with Gasteiger partial charge in [-0.25, -0.2) is 0 Å². The molecule has 66 heavy (non-hydrogen) atoms. The SMILES string of the molecule is COCCN1/C(=C/C=C/C=C/C=C/C2=[N+](CCCCCC(=O)ON3C(=O)CCC3=O)[I-]c3ccc(S(=O)(=O)O)cc3C2(C)CCOC)C(C)(CCCS(=O)(=O)O)c2cc(S(=O)(=O)O)ccc21. The number of imide groups is 1. The maximum absolute atomic E-state index is 12.4. The Bertz CT molecular complexity index is 2660. The topological polar surface area (TPSA) is 251 Å². The summed E-state index contributed by atoms with van der Waals surface area (Å²) in [6.07, 6.45) is 15.4. The fraction of sp³-hybridized carbons (Fsp3) is 0.455. The number of rotatable bonds is 23. The van der Waals surface area contributed by atoms with E-state index in [9.17, 15) is 53.3 Å². The Labute approximate surface area is 396 Å². The summed E-state index contributed by atoms with van der Waals surface area (Å²) in [5, 5.41) is 0.538. The second kappa shape index (κ2) is 22.3. The van der Waals surface area contributed by atoms with Gasteiger partial charge in [0.25, 0.3) is 20.2 Å². The van der Waals surface area contributed by atoms with Crippen LogP contribution in [0.5, 0.6) is 0 Å². The van der Waals surface area contributed by atoms with Crippen molar-refractivity contribution >= 4 is 59.5 Å². The smallest absolute Gasteiger partial charge is 0.286 e. The molecule has 0 radical (unpaired) electrons. The average Bonchev–Trinajstić information content (AvgIpc) is 3.67. The molecule has 0 spiro atoms. The van der Waals surface area contributed by atoms with Crippen molar-refractivity contribution in [1.29, 1.82) is 0 Å². The summed E-state index contributed by atoms with van der Waals surface area (Å²) < 4.78 is 116. The van der Waals surface area contributed by atoms with Gasteiger partial charge in [-0.2, -0.15) is 16.8 Å². The summed E-state index contributed by atoms with van der Waals surface area (Å²) in [6.45, 7) is 5.45. The number of unbranched alkanes of at least 4 members (excludes halogenated alkanes) is 2. The van der Waals surface area contributed by atoms with Gasteiger partial charge in [0.15, 0.2) is 0 Å². The van der Waals surface area contributed by atoms with Gasteiger partial charge in [0.05, 0.1) is 17.3 Å². The van der Waals surface area contributed by atoms with E-state index in [1.165, 1.54) is 24.3 Å². The van der Waals surface area contributed by atoms with Crippen LogP contribution in [-0.4, -0.2) is 117 Å². The molecular weight excluding hydrogens is 1030 g/mol. The third kappa shape index (κ3) is 13.1. The summed E-state index contributed by atoms with van der Waals surface area (Å²) in [7, 11) is -10.2. The Hall–Kier alpha value is -4.14. The van der Waals surface area contributed by atoms with Crippen LogP contribution in [0.2, 0.25) is 0 Å². The summed E-state index contributed by atoms with van der Waals surface area (Å²) in [6, 6.07) is 8.93. The van der Waals surface area contributed by atoms with E-state index in [1.807, 2.05) is 43.1 Å². The molecule has 0 saturated carbocycles. The molecule has 2 aromatic rings. The predicted octanol–water partition coefficient (Wildman–Crippen LogP) is 1.93. The van der Waals surface area contributed by atoms with Gasteiger partial charge in [0.2, 0.25) is 0 Å². The summed E-state index contributed by atoms with van der Waals surface area (Å²) in [4.78, 5) is 42.6. The van der Waals surface area contributed by atoms with E-state index in [2.05, 4.69) is 2.79 Å². The molecule has 1 saturated heterocycles. The molecule has 3 aliphatic heterocycles. The zero-order valence-electron chi connectivity index (χ0n) is 37.1. The minimum Gasteiger partial charge on any atom is -0.286 e. The van der Waals surface area contributed by atoms with Crippen LogP contribution in [0.3, 0.4) is 0 Å². The van der Waals surface area contributed by atoms with Gasteiger partial charge in [0, 0.05) is 7.11 Å². The van der Waals surface area contributed by atoms with Crippen molar-refractivity contribution in [3.05, 3.63) is 99.3 Å². The molecule has 0 aromatic heterocycles. The fourth-order valence-corrected chi connectivity index (χ4v) is 13.2. The third-order valence-electron chi connectivity index (χ3n) is 11.6. The first-order chi connectivity index (χ1) is 31.0. The van der Waals surface area contributed by atoms with Crippen molar-refractivity contribution in [1.82, 2.24) is 5.06 Å². The molecule has 18 nitrogen and oxygen atoms in total. The second-order valence-corrected chi connectivity index (χ2v) is 23.5. The first-order valence-electron chi connectivity index (χ1n) is 21.1. The number of carbonyl (C=O) groups is 3. The van der Waals surface area contributed by atoms with Gasteiger partial charge in [-0.1, -0.05) is 0 Å². The van der Waals surface area contributed by atoms with Crippen molar-refractivity contribution in [2.24, 2.45) is 0 Å². The van der Waals surface area contributed by atoms with Crippen LogP contribution in [0.25, 0.3) is 0 Å². The van der Waals surface area contributed by atoms with Crippen molar-refractivity contribution in [3.63, 3.8) is 0 Å². The summed E-state index contributed by atoms with van der Waals surface area (Å²) in [5.74, 6) is -2.26. The monoisotopic (exact) mass is 1090 g/mol. The van der Waals surface area contributed by atoms with Crippen LogP contribution in [0.15, 0.2) is 94.4 Å². The molecule has 22 heteroatoms. The van der Waals surface area contributed by atoms with Crippen LogP contribution in [0, 0.1) is 3.57 Å². The minimum absolute atomic E-state index is 0.00844. The van der Waals surface area contributed by atoms with Crippen LogP contribution < -0.4 is 26.4 Å². The maximum atomic E-state index is 12.4. The molecule has 3 N–H and O–H groups in total. The van der Waals surface area contributed by atoms with E-state index >= 15 is 0 Å². The first kappa shape index (κ1) is 52.8. The summed E-state index contributed by atoms with van der Waals surface area (Å²) in [5.41, 5.74) is 1.88. The Morgan fingerprint density at radius 3 is 2.03 bits per heavy atom. The number of allylic oxidation sites excluding steroid dienone is 8. The molecule has 2 atom stereocenters. The number of nitrogens with zero attached hydrogens (tertiary/aromatic N) is 3. The number of anilines is 1. The molecule has 2 unspecified atom stereocenters. The van der Waals surface area contributed by atoms with E-state index in [0.717, 1.165) is 14.8 Å². The number of hydrogen-bond acceptors (Lipinski definition) is 13. The molecule has 1 fully saturated rings. The first-order valence-corrected chi connectivity index (χ1v) is 27.6. The average molecular weight is 1090 g/mol. The normalized spacial score (nSPS) is 21.2. The van der Waals surface area contributed by atoms with Crippen molar-refractivity contribution < 1.29 is 91.9 Å². The van der Waals surface area contributed by atoms with E-state index in [4.69, 9.17) is 14.3 Å². The molecule has 2 amide bonds. The Kier molecular flexibility index (Phi) is 17.9. The molecule has 3 aliphatic rings. The molecular formula is C44H56IN3O15S3. The molecule has 0 bridgehead atoms. The number of amides is 2. The Balaban J connectivity index is 1.43. The van der Waals surface area contributed by atoms with Gasteiger partial charge < -0.3 is 4.74 Å². The van der Waals surface area contributed by atoms with Gasteiger partial charge >= 0.3 is 299 Å². The van der Waals surface area contributed by atoms with Gasteiger partial charge in [0.1, 0.15) is 0 Å². The van der Waals surface area contributed by atoms with E-state index in [-0.39, 0.29) is 41.9 Å². The van der Waals surface area contributed by atoms with Crippen molar-refractivity contribution in [3.8, 4) is 0 Å². The molecule has 0 aliphatic carbocycles. The van der Waals surface area contributed by atoms with E-state index < -0.39 is 86.2 Å². The van der Waals surface area contributed by atoms with Gasteiger partial charge in [-0.05, 0) is 24.6 Å². The molecule has 5 rings (SSSR count). The minimum atomic E-state index is -4.57. The fourth-order valence-electron chi connectivity index (χ4n) is 8.19. The quantitative estimate of drug-likeness (QED) is 0.0359. The number of halogens is 1. The standard InChI is InChI=1S/C44H56IN3O15S3/c1-43(23-13-29-64(52,53)54)35-31-33(66(58,59)60)18-20-37(35)46(26-28-62-4)38(43)14-9-6-5-7-10-15-39-44(2,24-27-61-3)34-30-32(65(55,56)57)17-19-36(34)45-47(39)25-12-8-11-16-42(51)63-48-40(49)21-22-41(48)50/h5-7,9-10,14-15,17-20,30-31H,8,11-13,16,21-29H2,1-4H3,(H,52,53,54)(H,55,56,57)(H,58,59,60)/b7-5+,9-6+,15-10+,38-14+. The zero-order chi connectivity index (χ0) is 48.5. The van der Waals surface area contributed by atoms with Crippen molar-refractivity contribution in [2.75, 3.05) is 51.2 Å². The number of benzene rings is 2. The number of hydrogen-bond donors (Lipinski definition) is 3. The van der Waals surface area contributed by atoms with E-state index in [1.54, 1.807) is 44.6 Å². The predicted molar refractivity (Wildman–Crippen MR) is 239 cm³/mol. The van der Waals surface area contributed by atoms with Crippen LogP contribution in [-0.2, 0) is 69.9 Å². The number of hydroxylamine groups is 2. The third-order valence-corrected chi connectivity index (χ3v) is 17.2. The van der Waals surface area contributed by atoms with Crippen LogP contribution in [0.1, 0.15) is 82.8 Å². The van der Waals surface area contributed by atoms with Gasteiger partial charge in [-0.3, -0.25) is 9.11 Å². The summed E-state index contributed by atoms with van der Waals surface area (Å²) >= 11 is -0.888. The Morgan fingerprint density at radius 1 is 0.773 bits per heavy atom. The van der Waals surface area contributed by atoms with Crippen LogP contribution >= 0.6 is 0 Å². The number of fused-ring (bicyclic) bond motifs is 2. The second-order valence-electron chi connectivity index (χ2n) is 16.3. The zero-order valence-corrected chi connectivity index (χ0v) is 41.7. The Morgan fingerprint density at radius 2 is 1.39 bits per heavy atom. The van der Waals surface area contributed by atoms with E-state index in [0.29, 0.717) is 74.0 Å². The molecule has 362 valence electrons. The molecule has 3 heterocycles. The number of carbonyl (C=O) groups excluding carboxylic acids is 3.